The van der Waals surface area contributed by atoms with Gasteiger partial charge in [-0.1, -0.05) is 19.6 Å². The van der Waals surface area contributed by atoms with Gasteiger partial charge >= 0.3 is 42.6 Å². The number of fused-ring (bicyclic) bond motifs is 6. The monoisotopic (exact) mass is 1230 g/mol. The number of ether oxygens (including phenoxy) is 2. The van der Waals surface area contributed by atoms with E-state index in [4.69, 9.17) is 14.6 Å². The smallest absolute Gasteiger partial charge is 0.418 e. The number of anilines is 4. The fourth-order valence-electron chi connectivity index (χ4n) is 11.6. The number of hydrogen-bond acceptors (Lipinski definition) is 13. The molecule has 9 amide bonds. The largest absolute Gasteiger partial charge is 0.480 e. The van der Waals surface area contributed by atoms with Gasteiger partial charge in [-0.2, -0.15) is 36.5 Å². The van der Waals surface area contributed by atoms with Crippen LogP contribution in [0.4, 0.5) is 68.3 Å². The van der Waals surface area contributed by atoms with Crippen molar-refractivity contribution in [1.29, 1.82) is 0 Å². The molecule has 2 saturated heterocycles. The Hall–Kier alpha value is -9.96. The van der Waals surface area contributed by atoms with Crippen LogP contribution in [0.2, 0.25) is 0 Å². The molecule has 0 bridgehead atoms. The highest BCUT2D eigenvalue weighted by Gasteiger charge is 2.60. The van der Waals surface area contributed by atoms with E-state index in [-0.39, 0.29) is 55.4 Å². The van der Waals surface area contributed by atoms with Crippen molar-refractivity contribution < 1.29 is 79.3 Å². The van der Waals surface area contributed by atoms with Gasteiger partial charge in [-0.15, -0.1) is 0 Å². The zero-order valence-corrected chi connectivity index (χ0v) is 47.0. The lowest BCUT2D eigenvalue weighted by molar-refractivity contribution is -0.144. The van der Waals surface area contributed by atoms with E-state index in [1.807, 2.05) is 0 Å². The summed E-state index contributed by atoms with van der Waals surface area (Å²) in [6, 6.07) is 17.3. The molecule has 464 valence electrons. The average Bonchev–Trinajstić information content (AvgIpc) is 2.54. The Bertz CT molecular complexity index is 3830. The summed E-state index contributed by atoms with van der Waals surface area (Å²) in [5.74, 6) is -3.37. The van der Waals surface area contributed by atoms with E-state index in [0.29, 0.717) is 82.1 Å². The summed E-state index contributed by atoms with van der Waals surface area (Å²) in [5.41, 5.74) is 1.55. The molecule has 0 unspecified atom stereocenters. The van der Waals surface area contributed by atoms with Crippen LogP contribution >= 0.6 is 0 Å². The standard InChI is InChI=1S/C29H27F3N6O5.C15H15N3O6.C14H14F3N3.CH4/c1-33-26(41)34-18-5-6-20-16(12-18)7-9-28(20)25(40)38(27(42)43-28)15-24(39)37-10-3-4-17-13-19(22-8-11-36(2)35-22)21(14-23(17)37)29(30,31)32;1-16-13(22)17-9-2-3-10-8(6-9)4-5-15(10)12(21)18(7-11(19)20)14(23)24-15;1-20-6-4-12(19-20)10-7-9-3-2-5-18-13(9)8-11(10)14(15,16)17;/h5-6,8,11-14H,3-4,7,9-10,15H2,1-2H3,(H2,33,34,41);2-3,6H,4-5,7H2,1H3,(H,19,20)(H2,16,17,22);4,6-8,18H,2-3,5H2,1H3;1H4/t28-;15-;;/m11../s1. The third-order valence-corrected chi connectivity index (χ3v) is 15.7. The second kappa shape index (κ2) is 24.1. The number of carbonyl (C=O) groups is 8. The molecule has 2 fully saturated rings. The van der Waals surface area contributed by atoms with Crippen LogP contribution in [0, 0.1) is 0 Å². The van der Waals surface area contributed by atoms with Crippen LogP contribution in [0.15, 0.2) is 85.2 Å². The lowest BCUT2D eigenvalue weighted by atomic mass is 9.93. The topological polar surface area (TPSA) is 281 Å². The molecule has 0 radical (unpaired) electrons. The van der Waals surface area contributed by atoms with Crippen molar-refractivity contribution in [3.63, 3.8) is 0 Å². The first-order valence-corrected chi connectivity index (χ1v) is 27.3. The molecule has 6 aromatic rings. The normalized spacial score (nSPS) is 18.7. The van der Waals surface area contributed by atoms with Gasteiger partial charge in [0.05, 0.1) is 22.5 Å². The number of rotatable bonds is 8. The van der Waals surface area contributed by atoms with Gasteiger partial charge in [0, 0.05) is 112 Å². The van der Waals surface area contributed by atoms with Crippen molar-refractivity contribution in [1.82, 2.24) is 40.0 Å². The van der Waals surface area contributed by atoms with Gasteiger partial charge in [-0.25, -0.2) is 29.0 Å². The zero-order chi connectivity index (χ0) is 62.5. The van der Waals surface area contributed by atoms with Crippen molar-refractivity contribution in [2.45, 2.75) is 82.3 Å². The quantitative estimate of drug-likeness (QED) is 0.0778. The van der Waals surface area contributed by atoms with E-state index in [1.54, 1.807) is 75.0 Å². The summed E-state index contributed by atoms with van der Waals surface area (Å²) < 4.78 is 96.1. The number of urea groups is 2. The summed E-state index contributed by atoms with van der Waals surface area (Å²) in [5, 5.41) is 30.2. The highest BCUT2D eigenvalue weighted by Crippen LogP contribution is 2.49. The van der Waals surface area contributed by atoms with Crippen molar-refractivity contribution in [2.75, 3.05) is 61.1 Å². The molecule has 2 spiro atoms. The second-order valence-electron chi connectivity index (χ2n) is 21.2. The molecule has 2 aliphatic carbocycles. The number of halogens is 6. The molecular weight excluding hydrogens is 1170 g/mol. The molecule has 4 aromatic carbocycles. The van der Waals surface area contributed by atoms with Crippen LogP contribution in [-0.2, 0) is 92.0 Å². The lowest BCUT2D eigenvalue weighted by Crippen LogP contribution is -2.46. The Labute approximate surface area is 498 Å². The number of benzene rings is 4. The highest BCUT2D eigenvalue weighted by atomic mass is 19.4. The number of carboxylic acid groups (broad SMARTS) is 1. The SMILES string of the molecule is C.CNC(=O)Nc1ccc2c(c1)CC[C@@]21OC(=O)N(CC(=O)N2CCCc3cc(-c4ccn(C)n4)c(C(F)(F)F)cc32)C1=O.CNC(=O)Nc1ccc2c(c1)CC[C@@]21OC(=O)N(CC(=O)O)C1=O.Cn1ccc(-c2cc3c(cc2C(F)(F)F)NCCC3)n1. The van der Waals surface area contributed by atoms with Crippen LogP contribution in [0.5, 0.6) is 0 Å². The fraction of sp³-hybridized carbons (Fsp3) is 0.356. The van der Waals surface area contributed by atoms with E-state index in [0.717, 1.165) is 34.9 Å². The first-order chi connectivity index (χ1) is 41.2. The van der Waals surface area contributed by atoms with Gasteiger partial charge in [-0.05, 0) is 121 Å². The predicted octanol–water partition coefficient (Wildman–Crippen LogP) is 8.70. The maximum absolute atomic E-state index is 14.2. The first kappa shape index (κ1) is 62.6. The molecule has 4 aliphatic heterocycles. The minimum atomic E-state index is -4.72. The number of aliphatic carboxylic acids is 1. The maximum atomic E-state index is 14.2. The van der Waals surface area contributed by atoms with Crippen molar-refractivity contribution >= 4 is 70.7 Å². The number of imide groups is 2. The maximum Gasteiger partial charge on any atom is 0.418 e. The molecule has 88 heavy (non-hydrogen) atoms. The van der Waals surface area contributed by atoms with Crippen LogP contribution < -0.4 is 31.5 Å². The number of alkyl halides is 6. The zero-order valence-electron chi connectivity index (χ0n) is 47.0. The Morgan fingerprint density at radius 1 is 0.625 bits per heavy atom. The molecular formula is C59H60F6N12O11. The fourth-order valence-corrected chi connectivity index (χ4v) is 11.6. The van der Waals surface area contributed by atoms with Gasteiger partial charge in [0.25, 0.3) is 11.8 Å². The Kier molecular flexibility index (Phi) is 17.1. The summed E-state index contributed by atoms with van der Waals surface area (Å²) in [4.78, 5) is 101. The van der Waals surface area contributed by atoms with E-state index in [1.165, 1.54) is 46.6 Å². The van der Waals surface area contributed by atoms with Gasteiger partial charge in [0.2, 0.25) is 17.1 Å². The Morgan fingerprint density at radius 3 is 1.57 bits per heavy atom. The Morgan fingerprint density at radius 2 is 1.10 bits per heavy atom. The molecule has 23 nitrogen and oxygen atoms in total. The lowest BCUT2D eigenvalue weighted by Gasteiger charge is -2.32. The third-order valence-electron chi connectivity index (χ3n) is 15.7. The molecule has 6 heterocycles. The number of nitrogens with one attached hydrogen (secondary N) is 5. The number of nitrogens with zero attached hydrogens (tertiary/aromatic N) is 7. The van der Waals surface area contributed by atoms with Gasteiger partial charge < -0.3 is 46.1 Å². The van der Waals surface area contributed by atoms with Crippen molar-refractivity contribution in [3.05, 3.63) is 130 Å². The highest BCUT2D eigenvalue weighted by molar-refractivity contribution is 6.09. The number of aryl methyl sites for hydroxylation is 6. The molecule has 6 N–H and O–H groups in total. The third kappa shape index (κ3) is 12.0. The van der Waals surface area contributed by atoms with E-state index in [2.05, 4.69) is 36.8 Å². The summed E-state index contributed by atoms with van der Waals surface area (Å²) in [7, 11) is 6.26. The molecule has 12 rings (SSSR count). The number of carboxylic acids is 1. The first-order valence-electron chi connectivity index (χ1n) is 27.3. The minimum absolute atomic E-state index is 0. The van der Waals surface area contributed by atoms with Gasteiger partial charge in [-0.3, -0.25) is 28.5 Å². The van der Waals surface area contributed by atoms with Crippen molar-refractivity contribution in [3.8, 4) is 22.5 Å². The van der Waals surface area contributed by atoms with E-state index in [9.17, 15) is 64.7 Å². The van der Waals surface area contributed by atoms with E-state index >= 15 is 0 Å². The molecule has 0 saturated carbocycles. The van der Waals surface area contributed by atoms with E-state index < -0.39 is 89.7 Å². The van der Waals surface area contributed by atoms with Crippen LogP contribution in [-0.4, -0.2) is 123 Å². The molecule has 29 heteroatoms. The van der Waals surface area contributed by atoms with Crippen LogP contribution in [0.1, 0.15) is 77.6 Å². The number of aromatic nitrogens is 4. The summed E-state index contributed by atoms with van der Waals surface area (Å²) in [6.07, 6.45) is -3.98. The predicted molar refractivity (Wildman–Crippen MR) is 305 cm³/mol. The average molecular weight is 1230 g/mol. The number of amides is 9. The molecule has 2 atom stereocenters. The number of hydrogen-bond donors (Lipinski definition) is 6. The number of carbonyl (C=O) groups excluding carboxylic acids is 7. The Balaban J connectivity index is 0.000000172. The summed E-state index contributed by atoms with van der Waals surface area (Å²) in [6.45, 7) is -0.579. The summed E-state index contributed by atoms with van der Waals surface area (Å²) >= 11 is 0. The second-order valence-corrected chi connectivity index (χ2v) is 21.2. The molecule has 6 aliphatic rings. The molecule has 2 aromatic heterocycles. The van der Waals surface area contributed by atoms with Gasteiger partial charge in [0.15, 0.2) is 0 Å². The van der Waals surface area contributed by atoms with Crippen molar-refractivity contribution in [2.24, 2.45) is 14.1 Å². The minimum Gasteiger partial charge on any atom is -0.480 e. The van der Waals surface area contributed by atoms with Crippen LogP contribution in [0.25, 0.3) is 22.5 Å². The van der Waals surface area contributed by atoms with Gasteiger partial charge in [0.1, 0.15) is 13.1 Å². The van der Waals surface area contributed by atoms with Crippen LogP contribution in [0.3, 0.4) is 0 Å².